The number of benzene rings is 1. The van der Waals surface area contributed by atoms with Crippen molar-refractivity contribution >= 4 is 34.8 Å². The molecule has 7 heteroatoms. The zero-order valence-electron chi connectivity index (χ0n) is 8.82. The first-order valence-corrected chi connectivity index (χ1v) is 5.56. The van der Waals surface area contributed by atoms with Gasteiger partial charge in [0.25, 0.3) is 5.91 Å². The average Bonchev–Trinajstić information content (AvgIpc) is 2.34. The van der Waals surface area contributed by atoms with Gasteiger partial charge in [-0.15, -0.1) is 0 Å². The smallest absolute Gasteiger partial charge is 0.275 e. The van der Waals surface area contributed by atoms with Gasteiger partial charge in [-0.2, -0.15) is 0 Å². The summed E-state index contributed by atoms with van der Waals surface area (Å²) < 4.78 is 13.0. The molecule has 0 spiro atoms. The van der Waals surface area contributed by atoms with Gasteiger partial charge in [0.15, 0.2) is 0 Å². The van der Waals surface area contributed by atoms with E-state index in [1.54, 1.807) is 0 Å². The van der Waals surface area contributed by atoms with E-state index in [0.717, 1.165) is 6.07 Å². The van der Waals surface area contributed by atoms with Gasteiger partial charge < -0.3 is 5.32 Å². The molecule has 1 aromatic carbocycles. The highest BCUT2D eigenvalue weighted by Gasteiger charge is 2.11. The molecule has 0 aliphatic rings. The van der Waals surface area contributed by atoms with Crippen molar-refractivity contribution in [3.63, 3.8) is 0 Å². The number of carbonyl (C=O) groups is 1. The molecular formula is C11H6Cl2FN3O. The van der Waals surface area contributed by atoms with Crippen LogP contribution >= 0.6 is 23.2 Å². The standard InChI is InChI=1S/C11H6Cl2FN3O/c12-7-2-1-6(14)3-8(7)17-11(18)9-4-15-5-10(13)16-9/h1-5H,(H,17,18). The number of hydrogen-bond acceptors (Lipinski definition) is 3. The summed E-state index contributed by atoms with van der Waals surface area (Å²) in [4.78, 5) is 19.3. The summed E-state index contributed by atoms with van der Waals surface area (Å²) in [5.74, 6) is -1.08. The topological polar surface area (TPSA) is 54.9 Å². The first-order chi connectivity index (χ1) is 8.56. The van der Waals surface area contributed by atoms with Crippen LogP contribution in [-0.2, 0) is 0 Å². The molecule has 0 atom stereocenters. The predicted octanol–water partition coefficient (Wildman–Crippen LogP) is 3.17. The van der Waals surface area contributed by atoms with Crippen LogP contribution in [0, 0.1) is 5.82 Å². The molecule has 0 saturated heterocycles. The lowest BCUT2D eigenvalue weighted by Crippen LogP contribution is -2.14. The van der Waals surface area contributed by atoms with Gasteiger partial charge >= 0.3 is 0 Å². The van der Waals surface area contributed by atoms with Crippen LogP contribution in [0.5, 0.6) is 0 Å². The molecule has 1 aromatic heterocycles. The van der Waals surface area contributed by atoms with E-state index in [-0.39, 0.29) is 21.6 Å². The lowest BCUT2D eigenvalue weighted by molar-refractivity contribution is 0.102. The van der Waals surface area contributed by atoms with Crippen molar-refractivity contribution in [3.05, 3.63) is 52.3 Å². The van der Waals surface area contributed by atoms with Crippen LogP contribution in [0.1, 0.15) is 10.5 Å². The normalized spacial score (nSPS) is 10.2. The molecular weight excluding hydrogens is 280 g/mol. The fourth-order valence-electron chi connectivity index (χ4n) is 1.23. The number of nitrogens with zero attached hydrogens (tertiary/aromatic N) is 2. The van der Waals surface area contributed by atoms with E-state index in [9.17, 15) is 9.18 Å². The maximum absolute atomic E-state index is 13.0. The molecule has 1 amide bonds. The lowest BCUT2D eigenvalue weighted by atomic mass is 10.3. The fraction of sp³-hybridized carbons (Fsp3) is 0. The van der Waals surface area contributed by atoms with Crippen LogP contribution < -0.4 is 5.32 Å². The number of amides is 1. The summed E-state index contributed by atoms with van der Waals surface area (Å²) in [7, 11) is 0. The molecule has 1 heterocycles. The number of halogens is 3. The summed E-state index contributed by atoms with van der Waals surface area (Å²) in [6.45, 7) is 0. The van der Waals surface area contributed by atoms with Crippen molar-refractivity contribution in [3.8, 4) is 0 Å². The van der Waals surface area contributed by atoms with Crippen molar-refractivity contribution in [2.45, 2.75) is 0 Å². The molecule has 2 aromatic rings. The molecule has 18 heavy (non-hydrogen) atoms. The fourth-order valence-corrected chi connectivity index (χ4v) is 1.54. The molecule has 2 rings (SSSR count). The van der Waals surface area contributed by atoms with E-state index in [2.05, 4.69) is 15.3 Å². The van der Waals surface area contributed by atoms with Crippen molar-refractivity contribution in [2.75, 3.05) is 5.32 Å². The Labute approximate surface area is 112 Å². The van der Waals surface area contributed by atoms with Crippen molar-refractivity contribution < 1.29 is 9.18 Å². The second-order valence-electron chi connectivity index (χ2n) is 3.31. The second-order valence-corrected chi connectivity index (χ2v) is 4.10. The van der Waals surface area contributed by atoms with E-state index >= 15 is 0 Å². The molecule has 0 bridgehead atoms. The summed E-state index contributed by atoms with van der Waals surface area (Å²) in [5.41, 5.74) is 0.172. The van der Waals surface area contributed by atoms with Crippen molar-refractivity contribution in [1.29, 1.82) is 0 Å². The SMILES string of the molecule is O=C(Nc1cc(F)ccc1Cl)c1cncc(Cl)n1. The molecule has 0 fully saturated rings. The Balaban J connectivity index is 2.24. The van der Waals surface area contributed by atoms with Crippen molar-refractivity contribution in [1.82, 2.24) is 9.97 Å². The highest BCUT2D eigenvalue weighted by Crippen LogP contribution is 2.22. The second kappa shape index (κ2) is 5.29. The average molecular weight is 286 g/mol. The minimum atomic E-state index is -0.572. The zero-order chi connectivity index (χ0) is 13.1. The van der Waals surface area contributed by atoms with E-state index in [1.165, 1.54) is 24.5 Å². The number of carbonyl (C=O) groups excluding carboxylic acids is 1. The van der Waals surface area contributed by atoms with Gasteiger partial charge in [0.1, 0.15) is 16.7 Å². The van der Waals surface area contributed by atoms with Gasteiger partial charge in [0.2, 0.25) is 0 Å². The first kappa shape index (κ1) is 12.7. The monoisotopic (exact) mass is 285 g/mol. The number of anilines is 1. The Kier molecular flexibility index (Phi) is 3.74. The van der Waals surface area contributed by atoms with Gasteiger partial charge in [0.05, 0.1) is 23.1 Å². The third kappa shape index (κ3) is 2.94. The summed E-state index contributed by atoms with van der Waals surface area (Å²) in [6, 6.07) is 3.64. The maximum Gasteiger partial charge on any atom is 0.275 e. The highest BCUT2D eigenvalue weighted by atomic mass is 35.5. The van der Waals surface area contributed by atoms with Crippen LogP contribution in [0.15, 0.2) is 30.6 Å². The minimum Gasteiger partial charge on any atom is -0.319 e. The van der Waals surface area contributed by atoms with Crippen LogP contribution in [-0.4, -0.2) is 15.9 Å². The quantitative estimate of drug-likeness (QED) is 0.922. The Morgan fingerprint density at radius 1 is 1.28 bits per heavy atom. The number of rotatable bonds is 2. The van der Waals surface area contributed by atoms with Gasteiger partial charge in [-0.05, 0) is 18.2 Å². The number of nitrogens with one attached hydrogen (secondary N) is 1. The summed E-state index contributed by atoms with van der Waals surface area (Å²) in [5, 5.41) is 2.74. The largest absolute Gasteiger partial charge is 0.319 e. The number of hydrogen-bond donors (Lipinski definition) is 1. The Morgan fingerprint density at radius 2 is 2.06 bits per heavy atom. The van der Waals surface area contributed by atoms with E-state index < -0.39 is 11.7 Å². The summed E-state index contributed by atoms with van der Waals surface area (Å²) >= 11 is 11.4. The molecule has 92 valence electrons. The zero-order valence-corrected chi connectivity index (χ0v) is 10.3. The third-order valence-corrected chi connectivity index (χ3v) is 2.53. The van der Waals surface area contributed by atoms with E-state index in [0.29, 0.717) is 0 Å². The third-order valence-electron chi connectivity index (χ3n) is 2.01. The molecule has 0 radical (unpaired) electrons. The highest BCUT2D eigenvalue weighted by molar-refractivity contribution is 6.34. The Hall–Kier alpha value is -1.72. The maximum atomic E-state index is 13.0. The Bertz CT molecular complexity index is 607. The van der Waals surface area contributed by atoms with Gasteiger partial charge in [-0.1, -0.05) is 23.2 Å². The molecule has 0 aliphatic heterocycles. The molecule has 0 saturated carbocycles. The predicted molar refractivity (Wildman–Crippen MR) is 66.4 cm³/mol. The summed E-state index contributed by atoms with van der Waals surface area (Å²) in [6.07, 6.45) is 2.54. The van der Waals surface area contributed by atoms with Gasteiger partial charge in [0, 0.05) is 0 Å². The molecule has 0 aliphatic carbocycles. The van der Waals surface area contributed by atoms with Crippen LogP contribution in [0.2, 0.25) is 10.2 Å². The van der Waals surface area contributed by atoms with E-state index in [4.69, 9.17) is 23.2 Å². The lowest BCUT2D eigenvalue weighted by Gasteiger charge is -2.06. The minimum absolute atomic E-state index is 0.0165. The number of aromatic nitrogens is 2. The first-order valence-electron chi connectivity index (χ1n) is 4.80. The Morgan fingerprint density at radius 3 is 2.78 bits per heavy atom. The van der Waals surface area contributed by atoms with Crippen LogP contribution in [0.25, 0.3) is 0 Å². The van der Waals surface area contributed by atoms with Crippen LogP contribution in [0.4, 0.5) is 10.1 Å². The molecule has 1 N–H and O–H groups in total. The van der Waals surface area contributed by atoms with Gasteiger partial charge in [-0.3, -0.25) is 9.78 Å². The molecule has 4 nitrogen and oxygen atoms in total. The van der Waals surface area contributed by atoms with Crippen molar-refractivity contribution in [2.24, 2.45) is 0 Å². The van der Waals surface area contributed by atoms with E-state index in [1.807, 2.05) is 0 Å². The van der Waals surface area contributed by atoms with Crippen LogP contribution in [0.3, 0.4) is 0 Å². The van der Waals surface area contributed by atoms with Gasteiger partial charge in [-0.25, -0.2) is 9.37 Å². The molecule has 0 unspecified atom stereocenters.